The van der Waals surface area contributed by atoms with E-state index >= 15 is 0 Å². The monoisotopic (exact) mass is 540 g/mol. The highest BCUT2D eigenvalue weighted by atomic mass is 35.5. The number of nitrogens with one attached hydrogen (secondary N) is 1. The lowest BCUT2D eigenvalue weighted by molar-refractivity contribution is -0.147. The van der Waals surface area contributed by atoms with Crippen LogP contribution in [0.5, 0.6) is 0 Å². The first kappa shape index (κ1) is 24.9. The number of carbonyl (C=O) groups is 2. The highest BCUT2D eigenvalue weighted by molar-refractivity contribution is 7.90. The fourth-order valence-corrected chi connectivity index (χ4v) is 9.60. The van der Waals surface area contributed by atoms with Gasteiger partial charge in [-0.15, -0.1) is 0 Å². The average Bonchev–Trinajstić information content (AvgIpc) is 2.73. The molecule has 5 aliphatic rings. The third kappa shape index (κ3) is 4.24. The Labute approximate surface area is 216 Å². The lowest BCUT2D eigenvalue weighted by Crippen LogP contribution is -2.63. The molecule has 0 radical (unpaired) electrons. The highest BCUT2D eigenvalue weighted by Gasteiger charge is 2.58. The second-order valence-electron chi connectivity index (χ2n) is 10.8. The molecular formula is C24H30Cl2N4O4S. The lowest BCUT2D eigenvalue weighted by Gasteiger charge is -2.58. The van der Waals surface area contributed by atoms with Crippen LogP contribution in [-0.2, 0) is 19.8 Å². The Morgan fingerprint density at radius 2 is 1.74 bits per heavy atom. The first-order valence-electron chi connectivity index (χ1n) is 11.9. The summed E-state index contributed by atoms with van der Waals surface area (Å²) in [6.07, 6.45) is 4.17. The molecule has 2 amide bonds. The van der Waals surface area contributed by atoms with Gasteiger partial charge in [-0.05, 0) is 80.1 Å². The molecule has 2 unspecified atom stereocenters. The summed E-state index contributed by atoms with van der Waals surface area (Å²) in [5.74, 6) is 0.249. The van der Waals surface area contributed by atoms with Crippen LogP contribution in [-0.4, -0.2) is 50.2 Å². The normalized spacial score (nSPS) is 33.7. The van der Waals surface area contributed by atoms with Crippen LogP contribution in [0, 0.1) is 30.1 Å². The number of benzene rings is 1. The van der Waals surface area contributed by atoms with Gasteiger partial charge in [0.2, 0.25) is 11.8 Å². The first-order valence-corrected chi connectivity index (χ1v) is 14.0. The molecule has 35 heavy (non-hydrogen) atoms. The van der Waals surface area contributed by atoms with Crippen molar-refractivity contribution in [2.24, 2.45) is 28.9 Å². The molecule has 1 aliphatic heterocycles. The molecule has 6 rings (SSSR count). The number of nitrogens with two attached hydrogens (primary N) is 1. The van der Waals surface area contributed by atoms with Gasteiger partial charge in [0.25, 0.3) is 0 Å². The molecule has 2 atom stereocenters. The summed E-state index contributed by atoms with van der Waals surface area (Å²) in [6.45, 7) is 5.54. The number of nitrogens with zero attached hydrogens (tertiary/aromatic N) is 2. The SMILES string of the molecule is C=C1CN(CC(=O)NC2C3CC4CC2CC(C(N)=O)(C4)C3)S(=O)(=O)N(c2c(Cl)cc(C)cc2Cl)C1. The number of hydrogen-bond donors (Lipinski definition) is 2. The molecule has 4 aliphatic carbocycles. The zero-order valence-corrected chi connectivity index (χ0v) is 21.9. The Kier molecular flexibility index (Phi) is 6.14. The zero-order valence-electron chi connectivity index (χ0n) is 19.6. The van der Waals surface area contributed by atoms with Crippen LogP contribution in [0.2, 0.25) is 10.0 Å². The summed E-state index contributed by atoms with van der Waals surface area (Å²) in [6, 6.07) is 3.23. The van der Waals surface area contributed by atoms with E-state index in [2.05, 4.69) is 11.9 Å². The summed E-state index contributed by atoms with van der Waals surface area (Å²) in [7, 11) is -4.07. The second kappa shape index (κ2) is 8.64. The number of rotatable bonds is 5. The third-order valence-corrected chi connectivity index (χ3v) is 10.6. The molecule has 11 heteroatoms. The van der Waals surface area contributed by atoms with Crippen molar-refractivity contribution in [2.45, 2.75) is 45.1 Å². The lowest BCUT2D eigenvalue weighted by atomic mass is 9.47. The van der Waals surface area contributed by atoms with Gasteiger partial charge in [0.15, 0.2) is 0 Å². The van der Waals surface area contributed by atoms with Gasteiger partial charge >= 0.3 is 10.2 Å². The molecule has 0 spiro atoms. The van der Waals surface area contributed by atoms with Gasteiger partial charge in [-0.2, -0.15) is 12.7 Å². The Balaban J connectivity index is 1.33. The van der Waals surface area contributed by atoms with Gasteiger partial charge in [0.05, 0.1) is 28.8 Å². The second-order valence-corrected chi connectivity index (χ2v) is 13.5. The fraction of sp³-hybridized carbons (Fsp3) is 0.583. The van der Waals surface area contributed by atoms with Gasteiger partial charge in [-0.1, -0.05) is 29.8 Å². The van der Waals surface area contributed by atoms with Crippen LogP contribution >= 0.6 is 23.2 Å². The Hall–Kier alpha value is -1.81. The molecule has 4 bridgehead atoms. The maximum absolute atomic E-state index is 13.5. The maximum atomic E-state index is 13.5. The van der Waals surface area contributed by atoms with Crippen LogP contribution in [0.1, 0.15) is 37.7 Å². The number of hydrogen-bond acceptors (Lipinski definition) is 4. The largest absolute Gasteiger partial charge is 0.369 e. The van der Waals surface area contributed by atoms with Crippen molar-refractivity contribution in [2.75, 3.05) is 23.9 Å². The number of primary amides is 1. The van der Waals surface area contributed by atoms with Crippen molar-refractivity contribution in [3.63, 3.8) is 0 Å². The first-order chi connectivity index (χ1) is 16.4. The minimum Gasteiger partial charge on any atom is -0.369 e. The van der Waals surface area contributed by atoms with Crippen molar-refractivity contribution in [3.8, 4) is 0 Å². The fourth-order valence-electron chi connectivity index (χ4n) is 7.02. The van der Waals surface area contributed by atoms with Crippen LogP contribution < -0.4 is 15.4 Å². The summed E-state index contributed by atoms with van der Waals surface area (Å²) in [5, 5.41) is 3.54. The molecule has 5 fully saturated rings. The van der Waals surface area contributed by atoms with Crippen LogP contribution in [0.25, 0.3) is 0 Å². The highest BCUT2D eigenvalue weighted by Crippen LogP contribution is 2.59. The summed E-state index contributed by atoms with van der Waals surface area (Å²) in [4.78, 5) is 25.3. The number of halogens is 2. The van der Waals surface area contributed by atoms with Crippen molar-refractivity contribution in [3.05, 3.63) is 39.9 Å². The van der Waals surface area contributed by atoms with E-state index in [0.29, 0.717) is 24.3 Å². The van der Waals surface area contributed by atoms with Gasteiger partial charge in [0, 0.05) is 18.0 Å². The van der Waals surface area contributed by atoms with Crippen LogP contribution in [0.4, 0.5) is 5.69 Å². The topological polar surface area (TPSA) is 113 Å². The molecule has 3 N–H and O–H groups in total. The van der Waals surface area contributed by atoms with E-state index in [1.807, 2.05) is 6.92 Å². The third-order valence-electron chi connectivity index (χ3n) is 8.23. The van der Waals surface area contributed by atoms with E-state index in [4.69, 9.17) is 28.9 Å². The molecule has 8 nitrogen and oxygen atoms in total. The van der Waals surface area contributed by atoms with Gasteiger partial charge in [-0.25, -0.2) is 0 Å². The van der Waals surface area contributed by atoms with E-state index in [0.717, 1.165) is 33.4 Å². The zero-order chi connectivity index (χ0) is 25.3. The molecule has 190 valence electrons. The predicted molar refractivity (Wildman–Crippen MR) is 135 cm³/mol. The van der Waals surface area contributed by atoms with E-state index in [1.54, 1.807) is 12.1 Å². The Bertz CT molecular complexity index is 1180. The molecule has 0 aromatic heterocycles. The number of anilines is 1. The van der Waals surface area contributed by atoms with E-state index in [9.17, 15) is 18.0 Å². The molecular weight excluding hydrogens is 511 g/mol. The quantitative estimate of drug-likeness (QED) is 0.558. The smallest absolute Gasteiger partial charge is 0.305 e. The van der Waals surface area contributed by atoms with Crippen LogP contribution in [0.15, 0.2) is 24.3 Å². The van der Waals surface area contributed by atoms with Crippen molar-refractivity contribution in [1.82, 2.24) is 9.62 Å². The molecule has 1 aromatic rings. The molecule has 1 aromatic carbocycles. The van der Waals surface area contributed by atoms with Gasteiger partial charge in [-0.3, -0.25) is 13.9 Å². The molecule has 4 saturated carbocycles. The Morgan fingerprint density at radius 1 is 1.14 bits per heavy atom. The van der Waals surface area contributed by atoms with Gasteiger partial charge in [0.1, 0.15) is 0 Å². The van der Waals surface area contributed by atoms with Crippen LogP contribution in [0.3, 0.4) is 0 Å². The number of aryl methyl sites for hydroxylation is 1. The minimum absolute atomic E-state index is 0.0340. The van der Waals surface area contributed by atoms with E-state index < -0.39 is 15.6 Å². The van der Waals surface area contributed by atoms with Crippen molar-refractivity contribution < 1.29 is 18.0 Å². The number of carbonyl (C=O) groups excluding carboxylic acids is 2. The average molecular weight is 542 g/mol. The van der Waals surface area contributed by atoms with Crippen molar-refractivity contribution in [1.29, 1.82) is 0 Å². The minimum atomic E-state index is -4.07. The summed E-state index contributed by atoms with van der Waals surface area (Å²) >= 11 is 12.8. The summed E-state index contributed by atoms with van der Waals surface area (Å²) < 4.78 is 29.2. The summed E-state index contributed by atoms with van der Waals surface area (Å²) in [5.41, 5.74) is 6.93. The molecule has 1 saturated heterocycles. The molecule has 1 heterocycles. The van der Waals surface area contributed by atoms with Crippen molar-refractivity contribution >= 4 is 50.9 Å². The Morgan fingerprint density at radius 3 is 2.31 bits per heavy atom. The standard InChI is InChI=1S/C24H30Cl2N4O4S/c1-13-3-18(25)22(19(26)4-13)30-11-14(2)10-29(35(30,33)34)12-20(31)28-21-16-5-15-6-17(21)9-24(7-15,8-16)23(27)32/h3-4,15-17,21H,2,5-12H2,1H3,(H2,27,32)(H,28,31). The maximum Gasteiger partial charge on any atom is 0.305 e. The predicted octanol–water partition coefficient (Wildman–Crippen LogP) is 3.02. The van der Waals surface area contributed by atoms with Gasteiger partial charge < -0.3 is 11.1 Å². The van der Waals surface area contributed by atoms with E-state index in [1.165, 1.54) is 0 Å². The van der Waals surface area contributed by atoms with E-state index in [-0.39, 0.29) is 65.1 Å². The number of amides is 2.